The molecule has 1 aliphatic rings. The third kappa shape index (κ3) is 2.52. The van der Waals surface area contributed by atoms with Crippen molar-refractivity contribution in [1.82, 2.24) is 29.8 Å². The van der Waals surface area contributed by atoms with Crippen molar-refractivity contribution in [1.29, 1.82) is 0 Å². The lowest BCUT2D eigenvalue weighted by atomic mass is 10.0. The van der Waals surface area contributed by atoms with E-state index in [0.717, 1.165) is 17.8 Å². The first kappa shape index (κ1) is 14.8. The summed E-state index contributed by atoms with van der Waals surface area (Å²) < 4.78 is 1.64. The number of pyridine rings is 1. The molecule has 0 aliphatic carbocycles. The zero-order valence-electron chi connectivity index (χ0n) is 13.4. The van der Waals surface area contributed by atoms with Gasteiger partial charge in [0.15, 0.2) is 5.65 Å². The van der Waals surface area contributed by atoms with Crippen molar-refractivity contribution in [3.05, 3.63) is 59.8 Å². The van der Waals surface area contributed by atoms with E-state index in [-0.39, 0.29) is 11.9 Å². The summed E-state index contributed by atoms with van der Waals surface area (Å²) in [4.78, 5) is 23.7. The average Bonchev–Trinajstić information content (AvgIpc) is 3.05. The summed E-state index contributed by atoms with van der Waals surface area (Å²) in [6.07, 6.45) is 6.98. The lowest BCUT2D eigenvalue weighted by molar-refractivity contribution is 0.0636. The van der Waals surface area contributed by atoms with E-state index in [9.17, 15) is 4.79 Å². The third-order valence-corrected chi connectivity index (χ3v) is 4.31. The number of aromatic nitrogens is 4. The van der Waals surface area contributed by atoms with Crippen molar-refractivity contribution < 1.29 is 4.79 Å². The number of nitrogens with zero attached hydrogens (tertiary/aromatic N) is 5. The fourth-order valence-corrected chi connectivity index (χ4v) is 3.08. The fraction of sp³-hybridized carbons (Fsp3) is 0.294. The molecule has 4 rings (SSSR count). The van der Waals surface area contributed by atoms with E-state index in [2.05, 4.69) is 20.4 Å². The first-order valence-corrected chi connectivity index (χ1v) is 7.96. The smallest absolute Gasteiger partial charge is 0.259 e. The molecule has 1 unspecified atom stereocenters. The fourth-order valence-electron chi connectivity index (χ4n) is 3.08. The van der Waals surface area contributed by atoms with Crippen LogP contribution in [0.3, 0.4) is 0 Å². The second-order valence-electron chi connectivity index (χ2n) is 5.90. The van der Waals surface area contributed by atoms with Crippen LogP contribution in [-0.2, 0) is 0 Å². The molecule has 1 aliphatic heterocycles. The number of nitrogens with one attached hydrogen (secondary N) is 1. The molecular formula is C17H18N6O. The number of carbonyl (C=O) groups excluding carboxylic acids is 1. The van der Waals surface area contributed by atoms with Crippen LogP contribution < -0.4 is 5.32 Å². The van der Waals surface area contributed by atoms with Crippen LogP contribution in [0.4, 0.5) is 0 Å². The van der Waals surface area contributed by atoms with Crippen LogP contribution in [0.15, 0.2) is 43.0 Å². The molecule has 24 heavy (non-hydrogen) atoms. The molecule has 4 heterocycles. The van der Waals surface area contributed by atoms with E-state index in [0.29, 0.717) is 24.3 Å². The molecule has 0 saturated carbocycles. The lowest BCUT2D eigenvalue weighted by Gasteiger charge is -2.36. The number of piperazine rings is 1. The first-order chi connectivity index (χ1) is 11.7. The van der Waals surface area contributed by atoms with Gasteiger partial charge in [-0.1, -0.05) is 6.07 Å². The van der Waals surface area contributed by atoms with Gasteiger partial charge in [0, 0.05) is 43.9 Å². The van der Waals surface area contributed by atoms with Crippen molar-refractivity contribution in [3.8, 4) is 0 Å². The molecule has 1 amide bonds. The zero-order valence-corrected chi connectivity index (χ0v) is 13.4. The normalized spacial score (nSPS) is 18.0. The highest BCUT2D eigenvalue weighted by Crippen LogP contribution is 2.24. The van der Waals surface area contributed by atoms with Crippen LogP contribution in [0.25, 0.3) is 5.65 Å². The van der Waals surface area contributed by atoms with Gasteiger partial charge in [0.1, 0.15) is 5.56 Å². The highest BCUT2D eigenvalue weighted by atomic mass is 16.2. The van der Waals surface area contributed by atoms with Crippen molar-refractivity contribution in [2.45, 2.75) is 13.0 Å². The molecule has 0 radical (unpaired) electrons. The molecule has 1 fully saturated rings. The summed E-state index contributed by atoms with van der Waals surface area (Å²) >= 11 is 0. The predicted molar refractivity (Wildman–Crippen MR) is 88.6 cm³/mol. The van der Waals surface area contributed by atoms with E-state index in [1.54, 1.807) is 16.9 Å². The van der Waals surface area contributed by atoms with Crippen LogP contribution >= 0.6 is 0 Å². The summed E-state index contributed by atoms with van der Waals surface area (Å²) in [7, 11) is 0. The maximum atomic E-state index is 13.2. The second-order valence-corrected chi connectivity index (χ2v) is 5.90. The topological polar surface area (TPSA) is 75.4 Å². The molecule has 1 N–H and O–H groups in total. The van der Waals surface area contributed by atoms with Crippen LogP contribution in [0.2, 0.25) is 0 Å². The van der Waals surface area contributed by atoms with Gasteiger partial charge in [-0.05, 0) is 24.6 Å². The van der Waals surface area contributed by atoms with Gasteiger partial charge in [-0.15, -0.1) is 0 Å². The molecule has 7 heteroatoms. The molecule has 0 bridgehead atoms. The Morgan fingerprint density at radius 3 is 3.08 bits per heavy atom. The number of aryl methyl sites for hydroxylation is 1. The summed E-state index contributed by atoms with van der Waals surface area (Å²) in [5.41, 5.74) is 3.03. The second kappa shape index (κ2) is 6.01. The predicted octanol–water partition coefficient (Wildman–Crippen LogP) is 1.22. The molecule has 0 spiro atoms. The van der Waals surface area contributed by atoms with E-state index in [4.69, 9.17) is 0 Å². The van der Waals surface area contributed by atoms with Crippen molar-refractivity contribution in [3.63, 3.8) is 0 Å². The quantitative estimate of drug-likeness (QED) is 0.768. The minimum Gasteiger partial charge on any atom is -0.329 e. The van der Waals surface area contributed by atoms with Gasteiger partial charge < -0.3 is 10.2 Å². The Bertz CT molecular complexity index is 875. The maximum absolute atomic E-state index is 13.2. The Labute approximate surface area is 139 Å². The number of amides is 1. The summed E-state index contributed by atoms with van der Waals surface area (Å²) in [6.45, 7) is 4.03. The minimum atomic E-state index is -0.0431. The van der Waals surface area contributed by atoms with Gasteiger partial charge in [-0.3, -0.25) is 9.78 Å². The Morgan fingerprint density at radius 1 is 1.33 bits per heavy atom. The Morgan fingerprint density at radius 2 is 2.25 bits per heavy atom. The molecule has 1 atom stereocenters. The molecule has 0 aromatic carbocycles. The Balaban J connectivity index is 1.72. The lowest BCUT2D eigenvalue weighted by Crippen LogP contribution is -2.48. The largest absolute Gasteiger partial charge is 0.329 e. The summed E-state index contributed by atoms with van der Waals surface area (Å²) in [5, 5.41) is 7.60. The number of hydrogen-bond acceptors (Lipinski definition) is 5. The number of rotatable bonds is 2. The monoisotopic (exact) mass is 322 g/mol. The SMILES string of the molecule is Cc1ccn2ncc(C(=O)N3CCNCC3c3cccnc3)c2n1. The van der Waals surface area contributed by atoms with Crippen LogP contribution in [0.5, 0.6) is 0 Å². The third-order valence-electron chi connectivity index (χ3n) is 4.31. The van der Waals surface area contributed by atoms with Gasteiger partial charge in [0.25, 0.3) is 5.91 Å². The number of hydrogen-bond donors (Lipinski definition) is 1. The van der Waals surface area contributed by atoms with Crippen molar-refractivity contribution in [2.24, 2.45) is 0 Å². The van der Waals surface area contributed by atoms with Gasteiger partial charge >= 0.3 is 0 Å². The van der Waals surface area contributed by atoms with Gasteiger partial charge in [0.05, 0.1) is 12.2 Å². The molecule has 3 aromatic heterocycles. The van der Waals surface area contributed by atoms with Gasteiger partial charge in [0.2, 0.25) is 0 Å². The minimum absolute atomic E-state index is 0.0419. The zero-order chi connectivity index (χ0) is 16.5. The van der Waals surface area contributed by atoms with Crippen LogP contribution in [0.1, 0.15) is 27.7 Å². The Hall–Kier alpha value is -2.80. The van der Waals surface area contributed by atoms with Crippen molar-refractivity contribution in [2.75, 3.05) is 19.6 Å². The summed E-state index contributed by atoms with van der Waals surface area (Å²) in [5.74, 6) is -0.0431. The summed E-state index contributed by atoms with van der Waals surface area (Å²) in [6, 6.07) is 5.73. The van der Waals surface area contributed by atoms with E-state index in [1.807, 2.05) is 42.4 Å². The molecule has 3 aromatic rings. The van der Waals surface area contributed by atoms with Gasteiger partial charge in [-0.25, -0.2) is 9.50 Å². The average molecular weight is 322 g/mol. The standard InChI is InChI=1S/C17H18N6O/c1-12-4-7-23-16(21-12)14(10-20-23)17(24)22-8-6-19-11-15(22)13-3-2-5-18-9-13/h2-5,7,9-10,15,19H,6,8,11H2,1H3. The number of fused-ring (bicyclic) bond motifs is 1. The molecule has 122 valence electrons. The first-order valence-electron chi connectivity index (χ1n) is 7.96. The van der Waals surface area contributed by atoms with Crippen molar-refractivity contribution >= 4 is 11.6 Å². The van der Waals surface area contributed by atoms with Crippen LogP contribution in [-0.4, -0.2) is 50.0 Å². The molecular weight excluding hydrogens is 304 g/mol. The van der Waals surface area contributed by atoms with Gasteiger partial charge in [-0.2, -0.15) is 5.10 Å². The van der Waals surface area contributed by atoms with E-state index < -0.39 is 0 Å². The highest BCUT2D eigenvalue weighted by molar-refractivity contribution is 6.00. The highest BCUT2D eigenvalue weighted by Gasteiger charge is 2.30. The van der Waals surface area contributed by atoms with E-state index in [1.165, 1.54) is 0 Å². The number of carbonyl (C=O) groups is 1. The maximum Gasteiger partial charge on any atom is 0.259 e. The Kier molecular flexibility index (Phi) is 3.70. The van der Waals surface area contributed by atoms with E-state index >= 15 is 0 Å². The molecule has 1 saturated heterocycles. The van der Waals surface area contributed by atoms with Crippen LogP contribution in [0, 0.1) is 6.92 Å². The molecule has 7 nitrogen and oxygen atoms in total.